The van der Waals surface area contributed by atoms with Gasteiger partial charge < -0.3 is 25.0 Å². The van der Waals surface area contributed by atoms with Crippen molar-refractivity contribution in [3.63, 3.8) is 0 Å². The molecule has 2 aromatic carbocycles. The molecule has 32 heavy (non-hydrogen) atoms. The summed E-state index contributed by atoms with van der Waals surface area (Å²) >= 11 is 0. The van der Waals surface area contributed by atoms with Gasteiger partial charge in [0.05, 0.1) is 24.8 Å². The molecule has 0 spiro atoms. The van der Waals surface area contributed by atoms with Crippen LogP contribution in [0, 0.1) is 11.3 Å². The summed E-state index contributed by atoms with van der Waals surface area (Å²) in [7, 11) is 0. The first-order valence-electron chi connectivity index (χ1n) is 10.2. The molecule has 9 nitrogen and oxygen atoms in total. The number of ether oxygens (including phenoxy) is 2. The molecule has 9 heteroatoms. The van der Waals surface area contributed by atoms with Crippen LogP contribution in [0.4, 0.5) is 17.1 Å². The topological polar surface area (TPSA) is 121 Å². The Balaban J connectivity index is 1.50. The molecule has 1 heterocycles. The highest BCUT2D eigenvalue weighted by Gasteiger charge is 2.19. The fraction of sp³-hybridized carbons (Fsp3) is 0.304. The Kier molecular flexibility index (Phi) is 7.78. The van der Waals surface area contributed by atoms with Crippen LogP contribution in [-0.2, 0) is 19.1 Å². The summed E-state index contributed by atoms with van der Waals surface area (Å²) in [5, 5.41) is 13.8. The Hall–Kier alpha value is -3.90. The summed E-state index contributed by atoms with van der Waals surface area (Å²) in [6, 6.07) is 15.2. The van der Waals surface area contributed by atoms with Crippen molar-refractivity contribution in [2.24, 2.45) is 0 Å². The molecule has 1 aliphatic rings. The van der Waals surface area contributed by atoms with Crippen LogP contribution in [0.1, 0.15) is 23.7 Å². The van der Waals surface area contributed by atoms with Gasteiger partial charge in [0, 0.05) is 30.2 Å². The van der Waals surface area contributed by atoms with E-state index in [1.165, 1.54) is 31.2 Å². The van der Waals surface area contributed by atoms with E-state index in [1.54, 1.807) is 18.2 Å². The Labute approximate surface area is 185 Å². The van der Waals surface area contributed by atoms with Crippen LogP contribution in [0.3, 0.4) is 0 Å². The number of carbonyl (C=O) groups excluding carboxylic acids is 3. The minimum atomic E-state index is -1.00. The van der Waals surface area contributed by atoms with Crippen molar-refractivity contribution in [1.82, 2.24) is 0 Å². The maximum Gasteiger partial charge on any atom is 0.338 e. The molecule has 2 N–H and O–H groups in total. The lowest BCUT2D eigenvalue weighted by Gasteiger charge is -2.28. The van der Waals surface area contributed by atoms with Crippen molar-refractivity contribution in [1.29, 1.82) is 5.26 Å². The molecule has 1 aliphatic heterocycles. The van der Waals surface area contributed by atoms with E-state index in [9.17, 15) is 14.4 Å². The second-order valence-corrected chi connectivity index (χ2v) is 7.14. The number of esters is 1. The van der Waals surface area contributed by atoms with Gasteiger partial charge in [0.2, 0.25) is 5.91 Å². The average Bonchev–Trinajstić information content (AvgIpc) is 2.80. The van der Waals surface area contributed by atoms with Gasteiger partial charge in [-0.1, -0.05) is 0 Å². The fourth-order valence-electron chi connectivity index (χ4n) is 3.07. The Morgan fingerprint density at radius 3 is 2.25 bits per heavy atom. The number of benzene rings is 2. The molecule has 0 aliphatic carbocycles. The molecule has 2 aromatic rings. The monoisotopic (exact) mass is 436 g/mol. The van der Waals surface area contributed by atoms with Gasteiger partial charge in [-0.15, -0.1) is 0 Å². The molecule has 1 fully saturated rings. The van der Waals surface area contributed by atoms with E-state index in [-0.39, 0.29) is 12.0 Å². The number of nitriles is 1. The highest BCUT2D eigenvalue weighted by molar-refractivity contribution is 5.98. The number of amides is 2. The number of hydrogen-bond acceptors (Lipinski definition) is 7. The normalized spacial score (nSPS) is 14.1. The molecule has 1 saturated heterocycles. The molecule has 1 atom stereocenters. The van der Waals surface area contributed by atoms with Crippen molar-refractivity contribution >= 4 is 34.8 Å². The van der Waals surface area contributed by atoms with E-state index in [0.717, 1.165) is 18.8 Å². The van der Waals surface area contributed by atoms with E-state index in [0.29, 0.717) is 24.6 Å². The summed E-state index contributed by atoms with van der Waals surface area (Å²) in [6.45, 7) is 4.53. The fourth-order valence-corrected chi connectivity index (χ4v) is 3.07. The van der Waals surface area contributed by atoms with Crippen LogP contribution in [0.15, 0.2) is 48.5 Å². The minimum absolute atomic E-state index is 0.234. The van der Waals surface area contributed by atoms with Crippen molar-refractivity contribution in [3.8, 4) is 6.07 Å². The zero-order valence-electron chi connectivity index (χ0n) is 17.7. The van der Waals surface area contributed by atoms with Crippen LogP contribution in [-0.4, -0.2) is 50.2 Å². The lowest BCUT2D eigenvalue weighted by atomic mass is 10.2. The molecule has 0 radical (unpaired) electrons. The number of carbonyl (C=O) groups is 3. The van der Waals surface area contributed by atoms with Crippen molar-refractivity contribution < 1.29 is 23.9 Å². The zero-order chi connectivity index (χ0) is 22.9. The van der Waals surface area contributed by atoms with E-state index in [1.807, 2.05) is 12.1 Å². The Bertz CT molecular complexity index is 993. The quantitative estimate of drug-likeness (QED) is 0.640. The predicted molar refractivity (Wildman–Crippen MR) is 118 cm³/mol. The molecular weight excluding hydrogens is 412 g/mol. The molecular formula is C23H24N4O5. The summed E-state index contributed by atoms with van der Waals surface area (Å²) in [6.07, 6.45) is -1.26. The van der Waals surface area contributed by atoms with Gasteiger partial charge in [-0.05, 0) is 55.5 Å². The van der Waals surface area contributed by atoms with Gasteiger partial charge in [0.15, 0.2) is 6.10 Å². The molecule has 3 rings (SSSR count). The SMILES string of the molecule is CC(OC(=O)c1ccc(NC(=O)CC#N)cc1)C(=O)Nc1ccc(N2CCOCC2)cc1. The van der Waals surface area contributed by atoms with Gasteiger partial charge in [-0.25, -0.2) is 4.79 Å². The second kappa shape index (κ2) is 10.9. The number of rotatable bonds is 7. The average molecular weight is 436 g/mol. The Morgan fingerprint density at radius 2 is 1.62 bits per heavy atom. The van der Waals surface area contributed by atoms with E-state index < -0.39 is 23.9 Å². The van der Waals surface area contributed by atoms with Gasteiger partial charge in [-0.2, -0.15) is 5.26 Å². The van der Waals surface area contributed by atoms with Crippen LogP contribution >= 0.6 is 0 Å². The number of anilines is 3. The first kappa shape index (κ1) is 22.8. The number of nitrogens with one attached hydrogen (secondary N) is 2. The lowest BCUT2D eigenvalue weighted by molar-refractivity contribution is -0.123. The number of hydrogen-bond donors (Lipinski definition) is 2. The maximum atomic E-state index is 12.4. The Morgan fingerprint density at radius 1 is 1.03 bits per heavy atom. The van der Waals surface area contributed by atoms with E-state index >= 15 is 0 Å². The summed E-state index contributed by atoms with van der Waals surface area (Å²) < 4.78 is 10.6. The van der Waals surface area contributed by atoms with Crippen LogP contribution < -0.4 is 15.5 Å². The summed E-state index contributed by atoms with van der Waals surface area (Å²) in [4.78, 5) is 38.4. The standard InChI is InChI=1S/C23H24N4O5/c1-16(32-23(30)17-2-4-18(5-3-17)25-21(28)10-11-24)22(29)26-19-6-8-20(9-7-19)27-12-14-31-15-13-27/h2-9,16H,10,12-15H2,1H3,(H,25,28)(H,26,29). The van der Waals surface area contributed by atoms with Crippen LogP contribution in [0.2, 0.25) is 0 Å². The van der Waals surface area contributed by atoms with Crippen molar-refractivity contribution in [2.45, 2.75) is 19.4 Å². The number of morpholine rings is 1. The number of nitrogens with zero attached hydrogens (tertiary/aromatic N) is 2. The second-order valence-electron chi connectivity index (χ2n) is 7.14. The molecule has 0 aromatic heterocycles. The third-order valence-electron chi connectivity index (χ3n) is 4.81. The van der Waals surface area contributed by atoms with Gasteiger partial charge in [0.1, 0.15) is 6.42 Å². The van der Waals surface area contributed by atoms with Crippen molar-refractivity contribution in [3.05, 3.63) is 54.1 Å². The molecule has 0 saturated carbocycles. The maximum absolute atomic E-state index is 12.4. The first-order valence-corrected chi connectivity index (χ1v) is 10.2. The van der Waals surface area contributed by atoms with Crippen LogP contribution in [0.5, 0.6) is 0 Å². The first-order chi connectivity index (χ1) is 15.5. The smallest absolute Gasteiger partial charge is 0.338 e. The van der Waals surface area contributed by atoms with Gasteiger partial charge in [-0.3, -0.25) is 9.59 Å². The van der Waals surface area contributed by atoms with Gasteiger partial charge >= 0.3 is 5.97 Å². The lowest BCUT2D eigenvalue weighted by Crippen LogP contribution is -2.36. The van der Waals surface area contributed by atoms with Gasteiger partial charge in [0.25, 0.3) is 5.91 Å². The van der Waals surface area contributed by atoms with Crippen LogP contribution in [0.25, 0.3) is 0 Å². The van der Waals surface area contributed by atoms with Crippen molar-refractivity contribution in [2.75, 3.05) is 41.8 Å². The molecule has 2 amide bonds. The minimum Gasteiger partial charge on any atom is -0.449 e. The summed E-state index contributed by atoms with van der Waals surface area (Å²) in [5.74, 6) is -1.55. The zero-order valence-corrected chi connectivity index (χ0v) is 17.7. The highest BCUT2D eigenvalue weighted by Crippen LogP contribution is 2.19. The largest absolute Gasteiger partial charge is 0.449 e. The summed E-state index contributed by atoms with van der Waals surface area (Å²) in [5.41, 5.74) is 2.34. The van der Waals surface area contributed by atoms with E-state index in [2.05, 4.69) is 15.5 Å². The molecule has 166 valence electrons. The molecule has 0 bridgehead atoms. The third-order valence-corrected chi connectivity index (χ3v) is 4.81. The highest BCUT2D eigenvalue weighted by atomic mass is 16.5. The third kappa shape index (κ3) is 6.30. The molecule has 1 unspecified atom stereocenters. The predicted octanol–water partition coefficient (Wildman–Crippen LogP) is 2.56. The van der Waals surface area contributed by atoms with E-state index in [4.69, 9.17) is 14.7 Å².